The summed E-state index contributed by atoms with van der Waals surface area (Å²) in [7, 11) is 1.74. The van der Waals surface area contributed by atoms with Gasteiger partial charge in [0.15, 0.2) is 0 Å². The van der Waals surface area contributed by atoms with Gasteiger partial charge in [-0.25, -0.2) is 0 Å². The summed E-state index contributed by atoms with van der Waals surface area (Å²) in [6, 6.07) is 11.7. The zero-order valence-corrected chi connectivity index (χ0v) is 13.9. The standard InChI is InChI=1S/C17H17F2N3O4/c1-21(10-12-2-8-15(9-3-12)26-17(18)19)11-16(23)20-13-4-6-14(7-5-13)22(24)25/h2-9,17H,10-11H2,1H3,(H,20,23). The number of nitrogens with zero attached hydrogens (tertiary/aromatic N) is 2. The van der Waals surface area contributed by atoms with E-state index in [4.69, 9.17) is 0 Å². The molecule has 0 saturated heterocycles. The highest BCUT2D eigenvalue weighted by atomic mass is 19.3. The van der Waals surface area contributed by atoms with E-state index in [1.54, 1.807) is 24.1 Å². The largest absolute Gasteiger partial charge is 0.435 e. The number of hydrogen-bond donors (Lipinski definition) is 1. The number of nitro groups is 1. The minimum Gasteiger partial charge on any atom is -0.435 e. The van der Waals surface area contributed by atoms with Crippen molar-refractivity contribution in [1.29, 1.82) is 0 Å². The number of non-ortho nitro benzene ring substituents is 1. The molecule has 1 amide bonds. The number of anilines is 1. The Balaban J connectivity index is 1.83. The molecular weight excluding hydrogens is 348 g/mol. The van der Waals surface area contributed by atoms with Gasteiger partial charge in [-0.2, -0.15) is 8.78 Å². The van der Waals surface area contributed by atoms with E-state index in [0.29, 0.717) is 12.2 Å². The van der Waals surface area contributed by atoms with Gasteiger partial charge in [0.1, 0.15) is 5.75 Å². The Kier molecular flexibility index (Phi) is 6.56. The van der Waals surface area contributed by atoms with Crippen LogP contribution in [-0.4, -0.2) is 35.9 Å². The summed E-state index contributed by atoms with van der Waals surface area (Å²) in [5, 5.41) is 13.2. The number of alkyl halides is 2. The predicted molar refractivity (Wildman–Crippen MR) is 91.1 cm³/mol. The smallest absolute Gasteiger partial charge is 0.387 e. The number of ether oxygens (including phenoxy) is 1. The number of halogens is 2. The maximum atomic E-state index is 12.1. The van der Waals surface area contributed by atoms with Crippen molar-refractivity contribution in [3.63, 3.8) is 0 Å². The lowest BCUT2D eigenvalue weighted by Crippen LogP contribution is -2.29. The molecule has 26 heavy (non-hydrogen) atoms. The van der Waals surface area contributed by atoms with E-state index in [2.05, 4.69) is 10.1 Å². The van der Waals surface area contributed by atoms with Gasteiger partial charge in [0.25, 0.3) is 5.69 Å². The third-order valence-corrected chi connectivity index (χ3v) is 3.38. The third-order valence-electron chi connectivity index (χ3n) is 3.38. The van der Waals surface area contributed by atoms with E-state index in [1.165, 1.54) is 36.4 Å². The van der Waals surface area contributed by atoms with Crippen LogP contribution in [0.5, 0.6) is 5.75 Å². The summed E-state index contributed by atoms with van der Waals surface area (Å²) in [5.74, 6) is -0.207. The quantitative estimate of drug-likeness (QED) is 0.573. The van der Waals surface area contributed by atoms with E-state index in [9.17, 15) is 23.7 Å². The fourth-order valence-electron chi connectivity index (χ4n) is 2.26. The van der Waals surface area contributed by atoms with Gasteiger partial charge >= 0.3 is 6.61 Å². The van der Waals surface area contributed by atoms with Gasteiger partial charge in [-0.15, -0.1) is 0 Å². The van der Waals surface area contributed by atoms with Crippen molar-refractivity contribution in [2.45, 2.75) is 13.2 Å². The molecule has 2 aromatic rings. The van der Waals surface area contributed by atoms with E-state index in [-0.39, 0.29) is 23.9 Å². The van der Waals surface area contributed by atoms with Gasteiger partial charge in [0.05, 0.1) is 11.5 Å². The van der Waals surface area contributed by atoms with Crippen molar-refractivity contribution in [3.8, 4) is 5.75 Å². The first kappa shape index (κ1) is 19.3. The first-order valence-corrected chi connectivity index (χ1v) is 7.60. The molecule has 0 heterocycles. The molecule has 0 saturated carbocycles. The Labute approximate surface area is 148 Å². The maximum Gasteiger partial charge on any atom is 0.387 e. The molecule has 0 unspecified atom stereocenters. The van der Waals surface area contributed by atoms with Gasteiger partial charge in [-0.3, -0.25) is 19.8 Å². The number of nitrogens with one attached hydrogen (secondary N) is 1. The van der Waals surface area contributed by atoms with Gasteiger partial charge in [0, 0.05) is 24.4 Å². The molecule has 0 aromatic heterocycles. The molecule has 0 spiro atoms. The summed E-state index contributed by atoms with van der Waals surface area (Å²) in [6.45, 7) is -2.35. The monoisotopic (exact) mass is 365 g/mol. The van der Waals surface area contributed by atoms with Gasteiger partial charge in [0.2, 0.25) is 5.91 Å². The molecule has 0 radical (unpaired) electrons. The van der Waals surface area contributed by atoms with E-state index < -0.39 is 11.5 Å². The molecule has 0 aliphatic heterocycles. The Hall–Kier alpha value is -3.07. The molecule has 0 bridgehead atoms. The number of carbonyl (C=O) groups is 1. The Morgan fingerprint density at radius 3 is 2.35 bits per heavy atom. The Morgan fingerprint density at radius 1 is 1.19 bits per heavy atom. The van der Waals surface area contributed by atoms with Crippen LogP contribution in [0.3, 0.4) is 0 Å². The Morgan fingerprint density at radius 2 is 1.81 bits per heavy atom. The first-order chi connectivity index (χ1) is 12.3. The minimum absolute atomic E-state index is 0.0561. The van der Waals surface area contributed by atoms with Gasteiger partial charge in [-0.05, 0) is 36.9 Å². The number of carbonyl (C=O) groups excluding carboxylic acids is 1. The van der Waals surface area contributed by atoms with Gasteiger partial charge < -0.3 is 10.1 Å². The second-order valence-electron chi connectivity index (χ2n) is 5.55. The van der Waals surface area contributed by atoms with Crippen LogP contribution >= 0.6 is 0 Å². The zero-order valence-electron chi connectivity index (χ0n) is 13.9. The second-order valence-corrected chi connectivity index (χ2v) is 5.55. The second kappa shape index (κ2) is 8.86. The fourth-order valence-corrected chi connectivity index (χ4v) is 2.26. The van der Waals surface area contributed by atoms with Crippen molar-refractivity contribution >= 4 is 17.3 Å². The Bertz CT molecular complexity index is 752. The SMILES string of the molecule is CN(CC(=O)Nc1ccc([N+](=O)[O-])cc1)Cc1ccc(OC(F)F)cc1. The number of nitro benzene ring substituents is 1. The van der Waals surface area contributed by atoms with Crippen molar-refractivity contribution < 1.29 is 23.2 Å². The first-order valence-electron chi connectivity index (χ1n) is 7.60. The minimum atomic E-state index is -2.87. The van der Waals surface area contributed by atoms with E-state index in [0.717, 1.165) is 5.56 Å². The third kappa shape index (κ3) is 6.10. The molecule has 7 nitrogen and oxygen atoms in total. The zero-order chi connectivity index (χ0) is 19.1. The van der Waals surface area contributed by atoms with Gasteiger partial charge in [-0.1, -0.05) is 12.1 Å². The lowest BCUT2D eigenvalue weighted by atomic mass is 10.2. The van der Waals surface area contributed by atoms with Crippen LogP contribution in [0.1, 0.15) is 5.56 Å². The van der Waals surface area contributed by atoms with Crippen molar-refractivity contribution in [1.82, 2.24) is 4.90 Å². The highest BCUT2D eigenvalue weighted by Crippen LogP contribution is 2.17. The van der Waals surface area contributed by atoms with Crippen LogP contribution in [0, 0.1) is 10.1 Å². The number of amides is 1. The normalized spacial score (nSPS) is 10.8. The molecule has 9 heteroatoms. The highest BCUT2D eigenvalue weighted by molar-refractivity contribution is 5.92. The molecule has 1 N–H and O–H groups in total. The summed E-state index contributed by atoms with van der Waals surface area (Å²) in [4.78, 5) is 23.8. The fraction of sp³-hybridized carbons (Fsp3) is 0.235. The topological polar surface area (TPSA) is 84.7 Å². The number of benzene rings is 2. The van der Waals surface area contributed by atoms with E-state index >= 15 is 0 Å². The highest BCUT2D eigenvalue weighted by Gasteiger charge is 2.10. The average Bonchev–Trinajstić information content (AvgIpc) is 2.56. The molecule has 0 atom stereocenters. The van der Waals surface area contributed by atoms with Crippen molar-refractivity contribution in [2.75, 3.05) is 18.9 Å². The number of likely N-dealkylation sites (N-methyl/N-ethyl adjacent to an activating group) is 1. The lowest BCUT2D eigenvalue weighted by Gasteiger charge is -2.16. The van der Waals surface area contributed by atoms with Crippen LogP contribution in [0.2, 0.25) is 0 Å². The molecule has 0 aliphatic carbocycles. The molecule has 2 rings (SSSR count). The molecular formula is C17H17F2N3O4. The van der Waals surface area contributed by atoms with E-state index in [1.807, 2.05) is 0 Å². The van der Waals surface area contributed by atoms with Crippen LogP contribution in [0.4, 0.5) is 20.2 Å². The number of rotatable bonds is 8. The van der Waals surface area contributed by atoms with Crippen LogP contribution in [-0.2, 0) is 11.3 Å². The summed E-state index contributed by atoms with van der Waals surface area (Å²) in [6.07, 6.45) is 0. The average molecular weight is 365 g/mol. The van der Waals surface area contributed by atoms with Crippen molar-refractivity contribution in [3.05, 3.63) is 64.2 Å². The maximum absolute atomic E-state index is 12.1. The summed E-state index contributed by atoms with van der Waals surface area (Å²) in [5.41, 5.74) is 1.24. The van der Waals surface area contributed by atoms with Crippen LogP contribution < -0.4 is 10.1 Å². The predicted octanol–water partition coefficient (Wildman–Crippen LogP) is 3.27. The van der Waals surface area contributed by atoms with Crippen LogP contribution in [0.15, 0.2) is 48.5 Å². The molecule has 0 aliphatic rings. The molecule has 138 valence electrons. The van der Waals surface area contributed by atoms with Crippen LogP contribution in [0.25, 0.3) is 0 Å². The lowest BCUT2D eigenvalue weighted by molar-refractivity contribution is -0.384. The summed E-state index contributed by atoms with van der Waals surface area (Å²) < 4.78 is 28.5. The molecule has 0 fully saturated rings. The summed E-state index contributed by atoms with van der Waals surface area (Å²) >= 11 is 0. The van der Waals surface area contributed by atoms with Crippen molar-refractivity contribution in [2.24, 2.45) is 0 Å². The number of hydrogen-bond acceptors (Lipinski definition) is 5. The molecule has 2 aromatic carbocycles.